The van der Waals surface area contributed by atoms with Crippen molar-refractivity contribution in [3.8, 4) is 0 Å². The van der Waals surface area contributed by atoms with Crippen molar-refractivity contribution in [1.29, 1.82) is 0 Å². The Bertz CT molecular complexity index is 727. The molecule has 3 N–H and O–H groups in total. The van der Waals surface area contributed by atoms with E-state index in [0.717, 1.165) is 11.1 Å². The van der Waals surface area contributed by atoms with Crippen molar-refractivity contribution in [2.24, 2.45) is 5.73 Å². The van der Waals surface area contributed by atoms with E-state index in [9.17, 15) is 5.11 Å². The van der Waals surface area contributed by atoms with E-state index in [1.54, 1.807) is 6.08 Å². The molecule has 0 radical (unpaired) electrons. The zero-order valence-electron chi connectivity index (χ0n) is 16.4. The molecule has 0 unspecified atom stereocenters. The standard InChI is InChI=1S/C23H29NO5/c1-2-13-26-20-19(14-24)29-23(25)22(28-16-18-11-7-4-8-12-18)21(20)27-15-17-9-5-3-6-10-17/h2-12,19-23,25H,1,13-16,24H2/t19-,20-,21+,22-,23+/m1/s1. The summed E-state index contributed by atoms with van der Waals surface area (Å²) in [6.07, 6.45) is -1.80. The Morgan fingerprint density at radius 3 is 1.93 bits per heavy atom. The minimum atomic E-state index is -1.17. The number of aliphatic hydroxyl groups excluding tert-OH is 1. The Morgan fingerprint density at radius 1 is 0.862 bits per heavy atom. The monoisotopic (exact) mass is 399 g/mol. The molecule has 0 spiro atoms. The minimum absolute atomic E-state index is 0.190. The molecular weight excluding hydrogens is 370 g/mol. The first kappa shape index (κ1) is 21.6. The Morgan fingerprint density at radius 2 is 1.41 bits per heavy atom. The predicted molar refractivity (Wildman–Crippen MR) is 110 cm³/mol. The second-order valence-electron chi connectivity index (χ2n) is 6.91. The van der Waals surface area contributed by atoms with E-state index in [0.29, 0.717) is 19.8 Å². The van der Waals surface area contributed by atoms with E-state index >= 15 is 0 Å². The highest BCUT2D eigenvalue weighted by molar-refractivity contribution is 5.14. The van der Waals surface area contributed by atoms with Crippen molar-refractivity contribution in [1.82, 2.24) is 0 Å². The molecule has 0 bridgehead atoms. The molecule has 1 saturated heterocycles. The van der Waals surface area contributed by atoms with Gasteiger partial charge in [0.1, 0.15) is 24.4 Å². The third-order valence-electron chi connectivity index (χ3n) is 4.82. The molecule has 1 aliphatic rings. The molecule has 3 rings (SSSR count). The molecule has 0 saturated carbocycles. The van der Waals surface area contributed by atoms with Crippen LogP contribution in [0.3, 0.4) is 0 Å². The fraction of sp³-hybridized carbons (Fsp3) is 0.391. The largest absolute Gasteiger partial charge is 0.369 e. The summed E-state index contributed by atoms with van der Waals surface area (Å²) in [5.41, 5.74) is 7.88. The molecule has 29 heavy (non-hydrogen) atoms. The molecule has 156 valence electrons. The third kappa shape index (κ3) is 5.96. The number of nitrogens with two attached hydrogens (primary N) is 1. The van der Waals surface area contributed by atoms with Crippen LogP contribution in [0.4, 0.5) is 0 Å². The summed E-state index contributed by atoms with van der Waals surface area (Å²) < 4.78 is 23.9. The average molecular weight is 399 g/mol. The highest BCUT2D eigenvalue weighted by Crippen LogP contribution is 2.28. The van der Waals surface area contributed by atoms with Crippen molar-refractivity contribution >= 4 is 0 Å². The van der Waals surface area contributed by atoms with Crippen molar-refractivity contribution in [2.75, 3.05) is 13.2 Å². The Balaban J connectivity index is 1.77. The molecule has 0 aliphatic carbocycles. The lowest BCUT2D eigenvalue weighted by Gasteiger charge is -2.44. The van der Waals surface area contributed by atoms with E-state index in [2.05, 4.69) is 6.58 Å². The van der Waals surface area contributed by atoms with Crippen molar-refractivity contribution < 1.29 is 24.1 Å². The Hall–Kier alpha value is -2.06. The summed E-state index contributed by atoms with van der Waals surface area (Å²) in [4.78, 5) is 0. The van der Waals surface area contributed by atoms with Gasteiger partial charge in [0.25, 0.3) is 0 Å². The average Bonchev–Trinajstić information content (AvgIpc) is 2.77. The molecular formula is C23H29NO5. The van der Waals surface area contributed by atoms with Gasteiger partial charge in [-0.25, -0.2) is 0 Å². The van der Waals surface area contributed by atoms with Crippen molar-refractivity contribution in [3.05, 3.63) is 84.4 Å². The van der Waals surface area contributed by atoms with E-state index < -0.39 is 30.7 Å². The molecule has 6 heteroatoms. The number of benzene rings is 2. The van der Waals surface area contributed by atoms with Crippen LogP contribution in [-0.2, 0) is 32.2 Å². The van der Waals surface area contributed by atoms with Crippen LogP contribution in [-0.4, -0.2) is 49.0 Å². The van der Waals surface area contributed by atoms with E-state index in [-0.39, 0.29) is 6.54 Å². The van der Waals surface area contributed by atoms with Gasteiger partial charge < -0.3 is 29.8 Å². The van der Waals surface area contributed by atoms with Crippen LogP contribution in [0, 0.1) is 0 Å². The van der Waals surface area contributed by atoms with Crippen molar-refractivity contribution in [3.63, 3.8) is 0 Å². The molecule has 0 aromatic heterocycles. The summed E-state index contributed by atoms with van der Waals surface area (Å²) in [6, 6.07) is 19.6. The normalized spacial score (nSPS) is 26.9. The fourth-order valence-corrected chi connectivity index (χ4v) is 3.37. The first-order valence-electron chi connectivity index (χ1n) is 9.80. The van der Waals surface area contributed by atoms with Crippen LogP contribution in [0.1, 0.15) is 11.1 Å². The SMILES string of the molecule is C=CCO[C@H]1[C@H](OCc2ccccc2)[C@@H](OCc2ccccc2)[C@@H](O)O[C@@H]1CN. The molecule has 1 fully saturated rings. The minimum Gasteiger partial charge on any atom is -0.369 e. The van der Waals surface area contributed by atoms with Gasteiger partial charge in [0.2, 0.25) is 0 Å². The number of aliphatic hydroxyl groups is 1. The maximum Gasteiger partial charge on any atom is 0.184 e. The molecule has 1 aliphatic heterocycles. The molecule has 1 heterocycles. The maximum absolute atomic E-state index is 10.6. The van der Waals surface area contributed by atoms with Crippen LogP contribution in [0.15, 0.2) is 73.3 Å². The summed E-state index contributed by atoms with van der Waals surface area (Å²) in [7, 11) is 0. The first-order valence-corrected chi connectivity index (χ1v) is 9.80. The lowest BCUT2D eigenvalue weighted by atomic mass is 9.97. The Labute approximate surface area is 171 Å². The number of hydrogen-bond donors (Lipinski definition) is 2. The molecule has 0 amide bonds. The summed E-state index contributed by atoms with van der Waals surface area (Å²) >= 11 is 0. The number of ether oxygens (including phenoxy) is 4. The maximum atomic E-state index is 10.6. The quantitative estimate of drug-likeness (QED) is 0.597. The second kappa shape index (κ2) is 11.2. The van der Waals surface area contributed by atoms with E-state index in [1.807, 2.05) is 60.7 Å². The van der Waals surface area contributed by atoms with Crippen LogP contribution in [0.25, 0.3) is 0 Å². The third-order valence-corrected chi connectivity index (χ3v) is 4.82. The number of hydrogen-bond acceptors (Lipinski definition) is 6. The van der Waals surface area contributed by atoms with Gasteiger partial charge in [0, 0.05) is 6.54 Å². The first-order chi connectivity index (χ1) is 14.2. The van der Waals surface area contributed by atoms with Gasteiger partial charge >= 0.3 is 0 Å². The van der Waals surface area contributed by atoms with Crippen LogP contribution >= 0.6 is 0 Å². The lowest BCUT2D eigenvalue weighted by molar-refractivity contribution is -0.306. The van der Waals surface area contributed by atoms with Gasteiger partial charge in [-0.2, -0.15) is 0 Å². The second-order valence-corrected chi connectivity index (χ2v) is 6.91. The van der Waals surface area contributed by atoms with Gasteiger partial charge in [-0.3, -0.25) is 0 Å². The molecule has 2 aromatic rings. The molecule has 5 atom stereocenters. The van der Waals surface area contributed by atoms with E-state index in [4.69, 9.17) is 24.7 Å². The highest BCUT2D eigenvalue weighted by atomic mass is 16.7. The summed E-state index contributed by atoms with van der Waals surface area (Å²) in [6.45, 7) is 4.89. The predicted octanol–water partition coefficient (Wildman–Crippen LogP) is 2.40. The van der Waals surface area contributed by atoms with Gasteiger partial charge in [-0.1, -0.05) is 66.7 Å². The zero-order valence-corrected chi connectivity index (χ0v) is 16.4. The van der Waals surface area contributed by atoms with Crippen LogP contribution < -0.4 is 5.73 Å². The van der Waals surface area contributed by atoms with Gasteiger partial charge in [0.15, 0.2) is 6.29 Å². The lowest BCUT2D eigenvalue weighted by Crippen LogP contribution is -2.61. The van der Waals surface area contributed by atoms with E-state index in [1.165, 1.54) is 0 Å². The highest BCUT2D eigenvalue weighted by Gasteiger charge is 2.47. The number of rotatable bonds is 10. The van der Waals surface area contributed by atoms with Gasteiger partial charge in [-0.05, 0) is 11.1 Å². The summed E-state index contributed by atoms with van der Waals surface area (Å²) in [5.74, 6) is 0. The summed E-state index contributed by atoms with van der Waals surface area (Å²) in [5, 5.41) is 10.6. The van der Waals surface area contributed by atoms with Crippen LogP contribution in [0.2, 0.25) is 0 Å². The van der Waals surface area contributed by atoms with Gasteiger partial charge in [-0.15, -0.1) is 6.58 Å². The topological polar surface area (TPSA) is 83.2 Å². The van der Waals surface area contributed by atoms with Crippen molar-refractivity contribution in [2.45, 2.75) is 43.9 Å². The Kier molecular flexibility index (Phi) is 8.37. The zero-order chi connectivity index (χ0) is 20.5. The van der Waals surface area contributed by atoms with Crippen LogP contribution in [0.5, 0.6) is 0 Å². The molecule has 2 aromatic carbocycles. The fourth-order valence-electron chi connectivity index (χ4n) is 3.37. The smallest absolute Gasteiger partial charge is 0.184 e. The molecule has 6 nitrogen and oxygen atoms in total. The van der Waals surface area contributed by atoms with Gasteiger partial charge in [0.05, 0.1) is 19.8 Å².